The lowest BCUT2D eigenvalue weighted by molar-refractivity contribution is 0.0588. The molecule has 0 fully saturated rings. The van der Waals surface area contributed by atoms with Crippen LogP contribution in [-0.2, 0) is 4.74 Å². The molecule has 0 aliphatic rings. The summed E-state index contributed by atoms with van der Waals surface area (Å²) in [7, 11) is 1.59. The van der Waals surface area contributed by atoms with Crippen molar-refractivity contribution in [3.05, 3.63) is 40.4 Å². The number of nitrogens with one attached hydrogen (secondary N) is 1. The smallest absolute Gasteiger partial charge is 0.414 e. The van der Waals surface area contributed by atoms with Gasteiger partial charge >= 0.3 is 12.1 Å². The Labute approximate surface area is 160 Å². The van der Waals surface area contributed by atoms with E-state index < -0.39 is 23.6 Å². The van der Waals surface area contributed by atoms with Crippen LogP contribution in [0.5, 0.6) is 0 Å². The highest BCUT2D eigenvalue weighted by Gasteiger charge is 2.21. The Balaban J connectivity index is 2.14. The molecule has 1 heterocycles. The number of aromatic nitrogens is 1. The van der Waals surface area contributed by atoms with Gasteiger partial charge in [0, 0.05) is 18.3 Å². The van der Waals surface area contributed by atoms with Crippen molar-refractivity contribution in [2.24, 2.45) is 0 Å². The van der Waals surface area contributed by atoms with Crippen molar-refractivity contribution < 1.29 is 24.2 Å². The molecule has 144 valence electrons. The molecule has 0 saturated carbocycles. The van der Waals surface area contributed by atoms with Crippen LogP contribution in [-0.4, -0.2) is 40.7 Å². The molecule has 0 unspecified atom stereocenters. The van der Waals surface area contributed by atoms with Crippen LogP contribution in [0.1, 0.15) is 46.4 Å². The van der Waals surface area contributed by atoms with Crippen LogP contribution in [0.25, 0.3) is 0 Å². The minimum atomic E-state index is -1.10. The van der Waals surface area contributed by atoms with Crippen molar-refractivity contribution in [2.45, 2.75) is 33.3 Å². The number of carbonyl (C=O) groups is 3. The molecule has 1 aromatic carbocycles. The molecule has 0 saturated heterocycles. The molecule has 2 rings (SSSR count). The van der Waals surface area contributed by atoms with Crippen molar-refractivity contribution >= 4 is 40.1 Å². The third-order valence-electron chi connectivity index (χ3n) is 3.45. The Morgan fingerprint density at radius 1 is 1.26 bits per heavy atom. The van der Waals surface area contributed by atoms with E-state index in [-0.39, 0.29) is 10.0 Å². The summed E-state index contributed by atoms with van der Waals surface area (Å²) < 4.78 is 5.32. The first-order chi connectivity index (χ1) is 12.5. The Kier molecular flexibility index (Phi) is 5.85. The maximum absolute atomic E-state index is 12.4. The Morgan fingerprint density at radius 2 is 1.93 bits per heavy atom. The number of aryl methyl sites for hydroxylation is 1. The highest BCUT2D eigenvalue weighted by atomic mass is 32.1. The van der Waals surface area contributed by atoms with Gasteiger partial charge in [0.15, 0.2) is 5.13 Å². The third-order valence-corrected chi connectivity index (χ3v) is 4.35. The van der Waals surface area contributed by atoms with Crippen molar-refractivity contribution in [3.63, 3.8) is 0 Å². The van der Waals surface area contributed by atoms with E-state index in [0.717, 1.165) is 11.3 Å². The van der Waals surface area contributed by atoms with E-state index in [1.807, 2.05) is 0 Å². The monoisotopic (exact) mass is 391 g/mol. The summed E-state index contributed by atoms with van der Waals surface area (Å²) in [4.78, 5) is 40.7. The van der Waals surface area contributed by atoms with E-state index >= 15 is 0 Å². The number of thiazole rings is 1. The first-order valence-electron chi connectivity index (χ1n) is 8.06. The van der Waals surface area contributed by atoms with Crippen molar-refractivity contribution in [1.29, 1.82) is 0 Å². The van der Waals surface area contributed by atoms with Gasteiger partial charge in [0.25, 0.3) is 5.91 Å². The number of carboxylic acids is 1. The topological polar surface area (TPSA) is 109 Å². The minimum absolute atomic E-state index is 0.0383. The molecule has 27 heavy (non-hydrogen) atoms. The van der Waals surface area contributed by atoms with Gasteiger partial charge in [-0.25, -0.2) is 14.6 Å². The number of ether oxygens (including phenoxy) is 1. The zero-order valence-corrected chi connectivity index (χ0v) is 16.5. The molecule has 0 aliphatic heterocycles. The number of carboxylic acid groups (broad SMARTS) is 1. The van der Waals surface area contributed by atoms with Crippen LogP contribution in [0.2, 0.25) is 0 Å². The van der Waals surface area contributed by atoms with E-state index in [0.29, 0.717) is 16.8 Å². The lowest BCUT2D eigenvalue weighted by Crippen LogP contribution is -2.34. The number of nitrogens with zero attached hydrogens (tertiary/aromatic N) is 2. The number of amides is 2. The molecule has 9 heteroatoms. The minimum Gasteiger partial charge on any atom is -0.477 e. The molecule has 0 bridgehead atoms. The SMILES string of the molecule is Cc1cc(N(C)C(=O)OC(C)(C)C)ccc1C(=O)Nc1ncc(C(=O)O)s1. The molecule has 0 spiro atoms. The number of carbonyl (C=O) groups excluding carboxylic acids is 2. The Morgan fingerprint density at radius 3 is 2.44 bits per heavy atom. The standard InChI is InChI=1S/C18H21N3O5S/c1-10-8-11(21(5)17(25)26-18(2,3)4)6-7-12(10)14(22)20-16-19-9-13(27-16)15(23)24/h6-9H,1-5H3,(H,23,24)(H,19,20,22). The van der Waals surface area contributed by atoms with Crippen molar-refractivity contribution in [1.82, 2.24) is 4.98 Å². The molecular weight excluding hydrogens is 370 g/mol. The van der Waals surface area contributed by atoms with Gasteiger partial charge in [-0.2, -0.15) is 0 Å². The van der Waals surface area contributed by atoms with Gasteiger partial charge in [-0.05, 0) is 51.5 Å². The summed E-state index contributed by atoms with van der Waals surface area (Å²) in [6, 6.07) is 4.92. The summed E-state index contributed by atoms with van der Waals surface area (Å²) in [6.07, 6.45) is 0.692. The van der Waals surface area contributed by atoms with Crippen LogP contribution >= 0.6 is 11.3 Å². The normalized spacial score (nSPS) is 11.0. The second-order valence-corrected chi connectivity index (χ2v) is 7.86. The van der Waals surface area contributed by atoms with Crippen LogP contribution in [0, 0.1) is 6.92 Å². The van der Waals surface area contributed by atoms with E-state index in [9.17, 15) is 14.4 Å². The zero-order chi connectivity index (χ0) is 20.4. The van der Waals surface area contributed by atoms with E-state index in [2.05, 4.69) is 10.3 Å². The van der Waals surface area contributed by atoms with Crippen LogP contribution in [0.15, 0.2) is 24.4 Å². The van der Waals surface area contributed by atoms with Gasteiger partial charge in [-0.15, -0.1) is 0 Å². The number of hydrogen-bond acceptors (Lipinski definition) is 6. The number of benzene rings is 1. The van der Waals surface area contributed by atoms with Gasteiger partial charge in [-0.3, -0.25) is 15.0 Å². The predicted molar refractivity (Wildman–Crippen MR) is 103 cm³/mol. The van der Waals surface area contributed by atoms with Crippen molar-refractivity contribution in [3.8, 4) is 0 Å². The zero-order valence-electron chi connectivity index (χ0n) is 15.7. The largest absolute Gasteiger partial charge is 0.477 e. The molecule has 8 nitrogen and oxygen atoms in total. The average molecular weight is 391 g/mol. The number of hydrogen-bond donors (Lipinski definition) is 2. The fraction of sp³-hybridized carbons (Fsp3) is 0.333. The second kappa shape index (κ2) is 7.75. The highest BCUT2D eigenvalue weighted by molar-refractivity contribution is 7.17. The van der Waals surface area contributed by atoms with Gasteiger partial charge in [0.1, 0.15) is 10.5 Å². The highest BCUT2D eigenvalue weighted by Crippen LogP contribution is 2.23. The molecule has 2 aromatic rings. The Hall–Kier alpha value is -2.94. The molecular formula is C18H21N3O5S. The molecule has 2 amide bonds. The molecule has 0 aliphatic carbocycles. The first kappa shape index (κ1) is 20.4. The van der Waals surface area contributed by atoms with Crippen LogP contribution in [0.3, 0.4) is 0 Å². The molecule has 2 N–H and O–H groups in total. The van der Waals surface area contributed by atoms with Gasteiger partial charge in [-0.1, -0.05) is 11.3 Å². The lowest BCUT2D eigenvalue weighted by atomic mass is 10.1. The quantitative estimate of drug-likeness (QED) is 0.821. The van der Waals surface area contributed by atoms with E-state index in [1.165, 1.54) is 11.1 Å². The van der Waals surface area contributed by atoms with Crippen molar-refractivity contribution in [2.75, 3.05) is 17.3 Å². The van der Waals surface area contributed by atoms with Crippen LogP contribution in [0.4, 0.5) is 15.6 Å². The second-order valence-electron chi connectivity index (χ2n) is 6.83. The van der Waals surface area contributed by atoms with E-state index in [1.54, 1.807) is 52.9 Å². The van der Waals surface area contributed by atoms with Gasteiger partial charge < -0.3 is 9.84 Å². The molecule has 1 aromatic heterocycles. The maximum Gasteiger partial charge on any atom is 0.414 e. The summed E-state index contributed by atoms with van der Waals surface area (Å²) in [5.74, 6) is -1.51. The first-order valence-corrected chi connectivity index (χ1v) is 8.87. The van der Waals surface area contributed by atoms with Crippen LogP contribution < -0.4 is 10.2 Å². The fourth-order valence-electron chi connectivity index (χ4n) is 2.14. The fourth-order valence-corrected chi connectivity index (χ4v) is 2.79. The number of aromatic carboxylic acids is 1. The van der Waals surface area contributed by atoms with Gasteiger partial charge in [0.2, 0.25) is 0 Å². The number of rotatable bonds is 4. The average Bonchev–Trinajstić information content (AvgIpc) is 3.01. The summed E-state index contributed by atoms with van der Waals surface area (Å²) in [5, 5.41) is 11.7. The third kappa shape index (κ3) is 5.27. The van der Waals surface area contributed by atoms with Gasteiger partial charge in [0.05, 0.1) is 6.20 Å². The van der Waals surface area contributed by atoms with E-state index in [4.69, 9.17) is 9.84 Å². The Bertz CT molecular complexity index is 885. The maximum atomic E-state index is 12.4. The lowest BCUT2D eigenvalue weighted by Gasteiger charge is -2.25. The number of anilines is 2. The molecule has 0 atom stereocenters. The summed E-state index contributed by atoms with van der Waals surface area (Å²) in [5.41, 5.74) is 1.02. The predicted octanol–water partition coefficient (Wildman–Crippen LogP) is 3.77. The summed E-state index contributed by atoms with van der Waals surface area (Å²) in [6.45, 7) is 7.09. The summed E-state index contributed by atoms with van der Waals surface area (Å²) >= 11 is 0.875. The molecule has 0 radical (unpaired) electrons.